The lowest BCUT2D eigenvalue weighted by molar-refractivity contribution is 0.0999. The van der Waals surface area contributed by atoms with Crippen molar-refractivity contribution in [1.29, 1.82) is 0 Å². The number of likely N-dealkylation sites (tertiary alicyclic amines) is 1. The van der Waals surface area contributed by atoms with Crippen LogP contribution in [0.25, 0.3) is 0 Å². The zero-order valence-corrected chi connectivity index (χ0v) is 10.7. The molecular formula is C14H19N3O. The molecule has 2 aliphatic rings. The van der Waals surface area contributed by atoms with E-state index in [1.54, 1.807) is 0 Å². The first-order valence-electron chi connectivity index (χ1n) is 6.42. The molecule has 2 saturated heterocycles. The quantitative estimate of drug-likeness (QED) is 0.843. The predicted octanol–water partition coefficient (Wildman–Crippen LogP) is 0.927. The van der Waals surface area contributed by atoms with Crippen molar-refractivity contribution in [3.63, 3.8) is 0 Å². The van der Waals surface area contributed by atoms with E-state index in [1.807, 2.05) is 24.3 Å². The molecule has 1 aromatic carbocycles. The van der Waals surface area contributed by atoms with Gasteiger partial charge >= 0.3 is 0 Å². The molecule has 1 spiro atoms. The van der Waals surface area contributed by atoms with Gasteiger partial charge in [0.1, 0.15) is 0 Å². The molecule has 0 bridgehead atoms. The van der Waals surface area contributed by atoms with Gasteiger partial charge in [0.2, 0.25) is 0 Å². The third kappa shape index (κ3) is 1.77. The Hall–Kier alpha value is -1.55. The minimum Gasteiger partial charge on any atom is -0.370 e. The van der Waals surface area contributed by atoms with E-state index in [4.69, 9.17) is 5.73 Å². The highest BCUT2D eigenvalue weighted by atomic mass is 16.1. The largest absolute Gasteiger partial charge is 0.370 e. The van der Waals surface area contributed by atoms with Crippen molar-refractivity contribution in [3.8, 4) is 0 Å². The van der Waals surface area contributed by atoms with E-state index in [1.165, 1.54) is 19.5 Å². The van der Waals surface area contributed by atoms with Crippen LogP contribution in [0.1, 0.15) is 16.8 Å². The van der Waals surface area contributed by atoms with Crippen molar-refractivity contribution in [2.24, 2.45) is 11.1 Å². The molecule has 2 N–H and O–H groups in total. The van der Waals surface area contributed by atoms with Gasteiger partial charge in [-0.1, -0.05) is 12.1 Å². The van der Waals surface area contributed by atoms with Gasteiger partial charge < -0.3 is 15.5 Å². The molecule has 18 heavy (non-hydrogen) atoms. The third-order valence-corrected chi connectivity index (χ3v) is 4.19. The summed E-state index contributed by atoms with van der Waals surface area (Å²) in [6.45, 7) is 4.44. The highest BCUT2D eigenvalue weighted by Crippen LogP contribution is 2.42. The second-order valence-corrected chi connectivity index (χ2v) is 5.73. The summed E-state index contributed by atoms with van der Waals surface area (Å²) in [6, 6.07) is 7.63. The molecule has 0 radical (unpaired) electrons. The van der Waals surface area contributed by atoms with Gasteiger partial charge in [-0.3, -0.25) is 4.79 Å². The zero-order chi connectivity index (χ0) is 12.8. The molecule has 0 unspecified atom stereocenters. The van der Waals surface area contributed by atoms with Crippen LogP contribution in [-0.4, -0.2) is 44.0 Å². The lowest BCUT2D eigenvalue weighted by atomic mass is 9.78. The van der Waals surface area contributed by atoms with E-state index >= 15 is 0 Å². The van der Waals surface area contributed by atoms with E-state index in [2.05, 4.69) is 16.8 Å². The van der Waals surface area contributed by atoms with E-state index in [0.29, 0.717) is 11.0 Å². The maximum atomic E-state index is 11.4. The number of anilines is 1. The fourth-order valence-electron chi connectivity index (χ4n) is 3.31. The fourth-order valence-corrected chi connectivity index (χ4v) is 3.31. The summed E-state index contributed by atoms with van der Waals surface area (Å²) < 4.78 is 0. The van der Waals surface area contributed by atoms with Crippen LogP contribution in [0.2, 0.25) is 0 Å². The summed E-state index contributed by atoms with van der Waals surface area (Å²) in [4.78, 5) is 16.1. The Morgan fingerprint density at radius 2 is 2.00 bits per heavy atom. The summed E-state index contributed by atoms with van der Waals surface area (Å²) in [5, 5.41) is 0. The SMILES string of the molecule is CN1CCC2(C1)CN(c1ccccc1C(N)=O)C2. The maximum Gasteiger partial charge on any atom is 0.250 e. The monoisotopic (exact) mass is 245 g/mol. The average Bonchev–Trinajstić information content (AvgIpc) is 2.69. The van der Waals surface area contributed by atoms with Gasteiger partial charge in [0.05, 0.1) is 5.56 Å². The Labute approximate surface area is 107 Å². The topological polar surface area (TPSA) is 49.6 Å². The van der Waals surface area contributed by atoms with Crippen LogP contribution in [0, 0.1) is 5.41 Å². The van der Waals surface area contributed by atoms with Gasteiger partial charge in [-0.05, 0) is 32.1 Å². The first kappa shape index (κ1) is 11.5. The van der Waals surface area contributed by atoms with E-state index in [-0.39, 0.29) is 5.91 Å². The van der Waals surface area contributed by atoms with Crippen LogP contribution in [0.5, 0.6) is 0 Å². The van der Waals surface area contributed by atoms with Crippen molar-refractivity contribution in [2.45, 2.75) is 6.42 Å². The normalized spacial score (nSPS) is 22.2. The molecule has 3 rings (SSSR count). The lowest BCUT2D eigenvalue weighted by Crippen LogP contribution is -2.58. The van der Waals surface area contributed by atoms with Crippen molar-refractivity contribution < 1.29 is 4.79 Å². The second kappa shape index (κ2) is 3.99. The number of hydrogen-bond donors (Lipinski definition) is 1. The molecule has 4 heteroatoms. The molecule has 96 valence electrons. The average molecular weight is 245 g/mol. The number of hydrogen-bond acceptors (Lipinski definition) is 3. The van der Waals surface area contributed by atoms with Gasteiger partial charge in [-0.15, -0.1) is 0 Å². The van der Waals surface area contributed by atoms with Crippen LogP contribution in [0.15, 0.2) is 24.3 Å². The van der Waals surface area contributed by atoms with Crippen LogP contribution in [0.3, 0.4) is 0 Å². The molecular weight excluding hydrogens is 226 g/mol. The Morgan fingerprint density at radius 1 is 1.28 bits per heavy atom. The van der Waals surface area contributed by atoms with Gasteiger partial charge in [-0.2, -0.15) is 0 Å². The van der Waals surface area contributed by atoms with Crippen molar-refractivity contribution in [2.75, 3.05) is 38.1 Å². The smallest absolute Gasteiger partial charge is 0.250 e. The molecule has 2 fully saturated rings. The van der Waals surface area contributed by atoms with Gasteiger partial charge in [0.15, 0.2) is 0 Å². The Balaban J connectivity index is 1.77. The van der Waals surface area contributed by atoms with Crippen LogP contribution in [0.4, 0.5) is 5.69 Å². The van der Waals surface area contributed by atoms with Crippen molar-refractivity contribution in [3.05, 3.63) is 29.8 Å². The predicted molar refractivity (Wildman–Crippen MR) is 71.7 cm³/mol. The minimum atomic E-state index is -0.338. The molecule has 0 atom stereocenters. The van der Waals surface area contributed by atoms with Crippen LogP contribution in [-0.2, 0) is 0 Å². The molecule has 4 nitrogen and oxygen atoms in total. The Morgan fingerprint density at radius 3 is 2.61 bits per heavy atom. The summed E-state index contributed by atoms with van der Waals surface area (Å²) in [5.41, 5.74) is 7.50. The molecule has 0 aliphatic carbocycles. The van der Waals surface area contributed by atoms with Crippen molar-refractivity contribution >= 4 is 11.6 Å². The zero-order valence-electron chi connectivity index (χ0n) is 10.7. The summed E-state index contributed by atoms with van der Waals surface area (Å²) >= 11 is 0. The third-order valence-electron chi connectivity index (χ3n) is 4.19. The number of carbonyl (C=O) groups excluding carboxylic acids is 1. The van der Waals surface area contributed by atoms with Crippen LogP contribution >= 0.6 is 0 Å². The molecule has 2 aliphatic heterocycles. The lowest BCUT2D eigenvalue weighted by Gasteiger charge is -2.50. The van der Waals surface area contributed by atoms with Crippen LogP contribution < -0.4 is 10.6 Å². The number of carbonyl (C=O) groups is 1. The van der Waals surface area contributed by atoms with E-state index < -0.39 is 0 Å². The maximum absolute atomic E-state index is 11.4. The van der Waals surface area contributed by atoms with Gasteiger partial charge in [0, 0.05) is 30.7 Å². The number of nitrogens with two attached hydrogens (primary N) is 1. The number of amides is 1. The highest BCUT2D eigenvalue weighted by molar-refractivity contribution is 5.98. The molecule has 1 amide bonds. The van der Waals surface area contributed by atoms with Gasteiger partial charge in [-0.25, -0.2) is 0 Å². The second-order valence-electron chi connectivity index (χ2n) is 5.73. The van der Waals surface area contributed by atoms with Crippen molar-refractivity contribution in [1.82, 2.24) is 4.90 Å². The summed E-state index contributed by atoms with van der Waals surface area (Å²) in [6.07, 6.45) is 1.26. The van der Waals surface area contributed by atoms with E-state index in [9.17, 15) is 4.79 Å². The number of primary amides is 1. The fraction of sp³-hybridized carbons (Fsp3) is 0.500. The number of rotatable bonds is 2. The first-order chi connectivity index (χ1) is 8.60. The number of nitrogens with zero attached hydrogens (tertiary/aromatic N) is 2. The Bertz CT molecular complexity index is 480. The number of benzene rings is 1. The number of para-hydroxylation sites is 1. The Kier molecular flexibility index (Phi) is 2.55. The standard InChI is InChI=1S/C14H19N3O/c1-16-7-6-14(8-16)9-17(10-14)12-5-3-2-4-11(12)13(15)18/h2-5H,6-10H2,1H3,(H2,15,18). The summed E-state index contributed by atoms with van der Waals surface area (Å²) in [5.74, 6) is -0.338. The minimum absolute atomic E-state index is 0.338. The summed E-state index contributed by atoms with van der Waals surface area (Å²) in [7, 11) is 2.18. The first-order valence-corrected chi connectivity index (χ1v) is 6.42. The molecule has 2 heterocycles. The van der Waals surface area contributed by atoms with Gasteiger partial charge in [0.25, 0.3) is 5.91 Å². The molecule has 1 aromatic rings. The van der Waals surface area contributed by atoms with E-state index in [0.717, 1.165) is 18.8 Å². The molecule has 0 saturated carbocycles. The molecule has 0 aromatic heterocycles. The highest BCUT2D eigenvalue weighted by Gasteiger charge is 2.47.